The van der Waals surface area contributed by atoms with E-state index in [0.717, 1.165) is 45.6 Å². The fourth-order valence-corrected chi connectivity index (χ4v) is 4.65. The van der Waals surface area contributed by atoms with Crippen molar-refractivity contribution in [2.24, 2.45) is 5.41 Å². The number of benzene rings is 1. The molecule has 1 unspecified atom stereocenters. The summed E-state index contributed by atoms with van der Waals surface area (Å²) in [5.41, 5.74) is 5.60. The molecule has 0 aliphatic heterocycles. The number of nitriles is 1. The third-order valence-electron chi connectivity index (χ3n) is 6.42. The molecule has 2 atom stereocenters. The zero-order valence-corrected chi connectivity index (χ0v) is 23.2. The number of nitrogens with zero attached hydrogens (tertiary/aromatic N) is 2. The van der Waals surface area contributed by atoms with Crippen LogP contribution in [0, 0.1) is 23.7 Å². The molecule has 1 aromatic heterocycles. The molecule has 188 valence electrons. The maximum Gasteiger partial charge on any atom is 0.106 e. The number of rotatable bonds is 4. The lowest BCUT2D eigenvalue weighted by atomic mass is 9.72. The first-order valence-electron chi connectivity index (χ1n) is 12.8. The van der Waals surface area contributed by atoms with Crippen molar-refractivity contribution in [3.63, 3.8) is 0 Å². The molecular formula is C30H46N2O2. The third kappa shape index (κ3) is 6.26. The van der Waals surface area contributed by atoms with E-state index in [0.29, 0.717) is 6.42 Å². The lowest BCUT2D eigenvalue weighted by Gasteiger charge is -2.36. The molecule has 0 saturated carbocycles. The highest BCUT2D eigenvalue weighted by Gasteiger charge is 2.36. The zero-order chi connectivity index (χ0) is 26.4. The molecule has 1 aliphatic rings. The largest absolute Gasteiger partial charge is 0.388 e. The second-order valence-corrected chi connectivity index (χ2v) is 10.4. The Bertz CT molecular complexity index is 982. The van der Waals surface area contributed by atoms with Crippen molar-refractivity contribution >= 4 is 0 Å². The van der Waals surface area contributed by atoms with Crippen LogP contribution in [0.1, 0.15) is 133 Å². The minimum atomic E-state index is -0.832. The molecule has 1 heterocycles. The number of fused-ring (bicyclic) bond motifs is 1. The molecule has 0 radical (unpaired) electrons. The standard InChI is InChI=1S/C26H34N2O2.2C2H6/c1-15(2)23-22(16(3)21-19(28-23)12-25(4,5)13-20(21)29)24(30)17-8-10-18(11-9-17)26(6,7)14-27;2*1-2/h8-11,15,20,24,29-30H,12-13H2,1-7H3;2*1-2H3/t20?,24-;;/m0../s1. The summed E-state index contributed by atoms with van der Waals surface area (Å²) in [7, 11) is 0. The lowest BCUT2D eigenvalue weighted by Crippen LogP contribution is -2.29. The second kappa shape index (κ2) is 12.0. The summed E-state index contributed by atoms with van der Waals surface area (Å²) >= 11 is 0. The predicted molar refractivity (Wildman–Crippen MR) is 142 cm³/mol. The van der Waals surface area contributed by atoms with Crippen molar-refractivity contribution in [2.75, 3.05) is 0 Å². The average Bonchev–Trinajstić information content (AvgIpc) is 2.80. The fourth-order valence-electron chi connectivity index (χ4n) is 4.65. The molecule has 0 fully saturated rings. The van der Waals surface area contributed by atoms with Gasteiger partial charge in [0.2, 0.25) is 0 Å². The van der Waals surface area contributed by atoms with Gasteiger partial charge in [0.25, 0.3) is 0 Å². The van der Waals surface area contributed by atoms with E-state index < -0.39 is 17.6 Å². The van der Waals surface area contributed by atoms with Gasteiger partial charge in [-0.05, 0) is 61.6 Å². The van der Waals surface area contributed by atoms with E-state index in [2.05, 4.69) is 33.8 Å². The Hall–Kier alpha value is -2.22. The van der Waals surface area contributed by atoms with Crippen LogP contribution in [0.4, 0.5) is 0 Å². The molecule has 1 aromatic carbocycles. The van der Waals surface area contributed by atoms with Crippen LogP contribution in [0.3, 0.4) is 0 Å². The van der Waals surface area contributed by atoms with Crippen molar-refractivity contribution in [2.45, 2.75) is 113 Å². The van der Waals surface area contributed by atoms with Crippen LogP contribution in [0.25, 0.3) is 0 Å². The molecular weight excluding hydrogens is 420 g/mol. The smallest absolute Gasteiger partial charge is 0.106 e. The monoisotopic (exact) mass is 466 g/mol. The van der Waals surface area contributed by atoms with Crippen molar-refractivity contribution in [1.29, 1.82) is 5.26 Å². The Morgan fingerprint density at radius 1 is 1.09 bits per heavy atom. The topological polar surface area (TPSA) is 77.1 Å². The highest BCUT2D eigenvalue weighted by Crippen LogP contribution is 2.44. The first kappa shape index (κ1) is 29.8. The molecule has 4 heteroatoms. The molecule has 0 amide bonds. The van der Waals surface area contributed by atoms with Crippen LogP contribution in [0.15, 0.2) is 24.3 Å². The summed E-state index contributed by atoms with van der Waals surface area (Å²) in [6.45, 7) is 22.3. The van der Waals surface area contributed by atoms with Crippen LogP contribution in [-0.2, 0) is 11.8 Å². The normalized spacial score (nSPS) is 17.4. The number of aliphatic hydroxyl groups is 2. The molecule has 0 spiro atoms. The van der Waals surface area contributed by atoms with Crippen LogP contribution >= 0.6 is 0 Å². The summed E-state index contributed by atoms with van der Waals surface area (Å²) in [5.74, 6) is 0.151. The van der Waals surface area contributed by atoms with Crippen LogP contribution < -0.4 is 0 Å². The molecule has 0 bridgehead atoms. The summed E-state index contributed by atoms with van der Waals surface area (Å²) < 4.78 is 0. The van der Waals surface area contributed by atoms with Gasteiger partial charge < -0.3 is 10.2 Å². The van der Waals surface area contributed by atoms with E-state index >= 15 is 0 Å². The van der Waals surface area contributed by atoms with E-state index in [4.69, 9.17) is 4.98 Å². The van der Waals surface area contributed by atoms with Crippen LogP contribution in [0.2, 0.25) is 0 Å². The molecule has 1 aliphatic carbocycles. The van der Waals surface area contributed by atoms with Gasteiger partial charge in [-0.2, -0.15) is 5.26 Å². The first-order chi connectivity index (χ1) is 15.9. The summed E-state index contributed by atoms with van der Waals surface area (Å²) in [6, 6.07) is 9.92. The minimum absolute atomic E-state index is 0.00359. The van der Waals surface area contributed by atoms with Gasteiger partial charge in [0, 0.05) is 22.5 Å². The first-order valence-corrected chi connectivity index (χ1v) is 12.8. The maximum absolute atomic E-state index is 11.4. The molecule has 34 heavy (non-hydrogen) atoms. The Morgan fingerprint density at radius 3 is 2.09 bits per heavy atom. The van der Waals surface area contributed by atoms with Gasteiger partial charge in [-0.15, -0.1) is 0 Å². The average molecular weight is 467 g/mol. The van der Waals surface area contributed by atoms with Gasteiger partial charge in [-0.3, -0.25) is 4.98 Å². The van der Waals surface area contributed by atoms with Crippen LogP contribution in [0.5, 0.6) is 0 Å². The quantitative estimate of drug-likeness (QED) is 0.490. The van der Waals surface area contributed by atoms with Crippen molar-refractivity contribution in [1.82, 2.24) is 4.98 Å². The van der Waals surface area contributed by atoms with E-state index in [1.54, 1.807) is 0 Å². The SMILES string of the molecule is CC.CC.Cc1c2c(nc(C(C)C)c1[C@@H](O)c1ccc(C(C)(C)C#N)cc1)CC(C)(C)CC2O. The second-order valence-electron chi connectivity index (χ2n) is 10.4. The van der Waals surface area contributed by atoms with Crippen LogP contribution in [-0.4, -0.2) is 15.2 Å². The fraction of sp³-hybridized carbons (Fsp3) is 0.600. The Labute approximate surface area is 208 Å². The molecule has 2 aromatic rings. The van der Waals surface area contributed by atoms with Gasteiger partial charge in [0.15, 0.2) is 0 Å². The summed E-state index contributed by atoms with van der Waals surface area (Å²) in [4.78, 5) is 4.97. The van der Waals surface area contributed by atoms with Crippen molar-refractivity contribution in [3.8, 4) is 6.07 Å². The highest BCUT2D eigenvalue weighted by atomic mass is 16.3. The number of aliphatic hydroxyl groups excluding tert-OH is 2. The van der Waals surface area contributed by atoms with Gasteiger partial charge >= 0.3 is 0 Å². The Morgan fingerprint density at radius 2 is 1.62 bits per heavy atom. The number of pyridine rings is 1. The number of hydrogen-bond donors (Lipinski definition) is 2. The number of hydrogen-bond acceptors (Lipinski definition) is 4. The molecule has 0 saturated heterocycles. The van der Waals surface area contributed by atoms with E-state index in [-0.39, 0.29) is 11.3 Å². The van der Waals surface area contributed by atoms with E-state index in [9.17, 15) is 15.5 Å². The summed E-state index contributed by atoms with van der Waals surface area (Å²) in [6.07, 6.45) is 0.120. The lowest BCUT2D eigenvalue weighted by molar-refractivity contribution is 0.0968. The van der Waals surface area contributed by atoms with Crippen molar-refractivity contribution < 1.29 is 10.2 Å². The van der Waals surface area contributed by atoms with E-state index in [1.807, 2.05) is 72.7 Å². The molecule has 4 nitrogen and oxygen atoms in total. The van der Waals surface area contributed by atoms with Gasteiger partial charge in [0.1, 0.15) is 6.10 Å². The Balaban J connectivity index is 0.00000137. The Kier molecular flexibility index (Phi) is 10.5. The molecule has 3 rings (SSSR count). The van der Waals surface area contributed by atoms with Gasteiger partial charge in [-0.25, -0.2) is 0 Å². The summed E-state index contributed by atoms with van der Waals surface area (Å²) in [5, 5.41) is 31.6. The maximum atomic E-state index is 11.4. The highest BCUT2D eigenvalue weighted by molar-refractivity contribution is 5.48. The third-order valence-corrected chi connectivity index (χ3v) is 6.42. The predicted octanol–water partition coefficient (Wildman–Crippen LogP) is 7.45. The van der Waals surface area contributed by atoms with E-state index in [1.165, 1.54) is 0 Å². The van der Waals surface area contributed by atoms with Crippen molar-refractivity contribution in [3.05, 3.63) is 63.5 Å². The van der Waals surface area contributed by atoms with Gasteiger partial charge in [-0.1, -0.05) is 79.7 Å². The zero-order valence-electron chi connectivity index (χ0n) is 23.2. The van der Waals surface area contributed by atoms with Gasteiger partial charge in [0.05, 0.1) is 17.6 Å². The molecule has 2 N–H and O–H groups in total. The number of aromatic nitrogens is 1. The minimum Gasteiger partial charge on any atom is -0.388 e.